The second-order valence-corrected chi connectivity index (χ2v) is 19.1. The summed E-state index contributed by atoms with van der Waals surface area (Å²) in [5.74, 6) is 2.29. The number of aromatic nitrogens is 10. The Morgan fingerprint density at radius 1 is 0.528 bits per heavy atom. The number of nitrogens with zero attached hydrogens (tertiary/aromatic N) is 8. The maximum absolute atomic E-state index is 14.7. The molecule has 0 spiro atoms. The van der Waals surface area contributed by atoms with Crippen LogP contribution in [0.25, 0.3) is 66.6 Å². The molecule has 10 aromatic rings. The molecule has 0 saturated heterocycles. The van der Waals surface area contributed by atoms with Crippen LogP contribution in [0.5, 0.6) is 23.0 Å². The molecule has 0 amide bonds. The van der Waals surface area contributed by atoms with Crippen molar-refractivity contribution in [2.75, 3.05) is 0 Å². The summed E-state index contributed by atoms with van der Waals surface area (Å²) < 4.78 is 23.1. The van der Waals surface area contributed by atoms with Crippen LogP contribution in [0.2, 0.25) is 0 Å². The lowest BCUT2D eigenvalue weighted by Crippen LogP contribution is -2.23. The SMILES string of the molecule is Cc1cccc(C)c1Oc1cn(C)c(=O)cc1-c1cn(C)c(=O)c2[nH]c(-c3cnn(CCn4cc(-c5cc(=O)n(C)cc5Oc5c(C)cccc5C)c5cc(-c6cnn(C(C)C)c6C)[nH]c5c4=O)c3C)cc12. The van der Waals surface area contributed by atoms with E-state index in [2.05, 4.69) is 28.9 Å². The van der Waals surface area contributed by atoms with Gasteiger partial charge in [0.15, 0.2) is 11.5 Å². The number of ether oxygens (including phenoxy) is 2. The third-order valence-corrected chi connectivity index (χ3v) is 13.8. The van der Waals surface area contributed by atoms with Crippen molar-refractivity contribution in [3.8, 4) is 67.8 Å². The first kappa shape index (κ1) is 47.0. The van der Waals surface area contributed by atoms with Crippen LogP contribution in [0.15, 0.2) is 117 Å². The summed E-state index contributed by atoms with van der Waals surface area (Å²) in [5, 5.41) is 10.7. The van der Waals surface area contributed by atoms with Crippen LogP contribution in [0, 0.1) is 41.5 Å². The van der Waals surface area contributed by atoms with Crippen molar-refractivity contribution >= 4 is 21.8 Å². The van der Waals surface area contributed by atoms with E-state index in [1.54, 1.807) is 69.0 Å². The van der Waals surface area contributed by atoms with E-state index >= 15 is 0 Å². The standard InChI is InChI=1S/C56H56N10O6/c1-30(2)66-36(8)42(25-58-66)46-21-40-44(38-23-50(68)62(10)29-48(38)72-54-33(5)16-13-17-34(54)6)27-64(56(70)52(40)60-46)18-19-65-35(7)41(24-57-65)45-20-39-43(26-63(11)55(69)51(39)59-45)37-22-49(67)61(9)28-47(37)71-53-31(3)14-12-15-32(53)4/h12-17,20-30,59-60H,18-19H2,1-11H3. The Bertz CT molecular complexity index is 4030. The van der Waals surface area contributed by atoms with E-state index in [1.807, 2.05) is 99.4 Å². The number of hydrogen-bond donors (Lipinski definition) is 2. The first-order chi connectivity index (χ1) is 34.4. The Balaban J connectivity index is 1.05. The molecular weight excluding hydrogens is 909 g/mol. The third kappa shape index (κ3) is 8.07. The molecule has 8 aromatic heterocycles. The van der Waals surface area contributed by atoms with E-state index in [0.717, 1.165) is 50.5 Å². The predicted octanol–water partition coefficient (Wildman–Crippen LogP) is 9.68. The molecule has 16 nitrogen and oxygen atoms in total. The first-order valence-electron chi connectivity index (χ1n) is 23.8. The molecule has 0 aliphatic rings. The fourth-order valence-electron chi connectivity index (χ4n) is 9.76. The van der Waals surface area contributed by atoms with Gasteiger partial charge in [0.25, 0.3) is 22.2 Å². The van der Waals surface area contributed by atoms with E-state index in [-0.39, 0.29) is 34.8 Å². The van der Waals surface area contributed by atoms with Gasteiger partial charge in [0.05, 0.1) is 42.7 Å². The monoisotopic (exact) mass is 964 g/mol. The number of pyridine rings is 4. The van der Waals surface area contributed by atoms with Gasteiger partial charge in [0.2, 0.25) is 0 Å². The number of hydrogen-bond acceptors (Lipinski definition) is 8. The van der Waals surface area contributed by atoms with Crippen molar-refractivity contribution in [2.24, 2.45) is 21.1 Å². The Morgan fingerprint density at radius 3 is 1.50 bits per heavy atom. The van der Waals surface area contributed by atoms with Crippen molar-refractivity contribution in [1.82, 2.24) is 47.8 Å². The minimum absolute atomic E-state index is 0.127. The maximum Gasteiger partial charge on any atom is 0.274 e. The number of rotatable bonds is 12. The predicted molar refractivity (Wildman–Crippen MR) is 282 cm³/mol. The van der Waals surface area contributed by atoms with Gasteiger partial charge in [0.1, 0.15) is 22.5 Å². The summed E-state index contributed by atoms with van der Waals surface area (Å²) in [6.45, 7) is 16.5. The van der Waals surface area contributed by atoms with E-state index in [0.29, 0.717) is 79.3 Å². The zero-order valence-corrected chi connectivity index (χ0v) is 42.3. The van der Waals surface area contributed by atoms with Gasteiger partial charge in [-0.25, -0.2) is 0 Å². The van der Waals surface area contributed by atoms with Crippen LogP contribution >= 0.6 is 0 Å². The molecule has 0 bridgehead atoms. The zero-order chi connectivity index (χ0) is 51.0. The lowest BCUT2D eigenvalue weighted by Gasteiger charge is -2.17. The summed E-state index contributed by atoms with van der Waals surface area (Å²) in [5.41, 5.74) is 10.6. The number of fused-ring (bicyclic) bond motifs is 2. The molecule has 16 heteroatoms. The average Bonchev–Trinajstić information content (AvgIpc) is 4.15. The van der Waals surface area contributed by atoms with Gasteiger partial charge in [-0.05, 0) is 89.8 Å². The number of benzene rings is 2. The molecule has 366 valence electrons. The van der Waals surface area contributed by atoms with Gasteiger partial charge in [-0.1, -0.05) is 36.4 Å². The minimum atomic E-state index is -0.254. The number of aryl methyl sites for hydroxylation is 9. The van der Waals surface area contributed by atoms with E-state index in [9.17, 15) is 19.2 Å². The average molecular weight is 965 g/mol. The number of H-pyrrole nitrogens is 2. The minimum Gasteiger partial charge on any atom is -0.455 e. The fraction of sp³-hybridized carbons (Fsp3) is 0.250. The summed E-state index contributed by atoms with van der Waals surface area (Å²) >= 11 is 0. The van der Waals surface area contributed by atoms with Crippen molar-refractivity contribution < 1.29 is 9.47 Å². The molecule has 0 saturated carbocycles. The van der Waals surface area contributed by atoms with Gasteiger partial charge in [-0.15, -0.1) is 0 Å². The van der Waals surface area contributed by atoms with Gasteiger partial charge < -0.3 is 37.7 Å². The van der Waals surface area contributed by atoms with Crippen LogP contribution in [-0.2, 0) is 34.2 Å². The van der Waals surface area contributed by atoms with Crippen molar-refractivity contribution in [3.63, 3.8) is 0 Å². The van der Waals surface area contributed by atoms with Crippen LogP contribution in [0.3, 0.4) is 0 Å². The lowest BCUT2D eigenvalue weighted by atomic mass is 10.0. The summed E-state index contributed by atoms with van der Waals surface area (Å²) in [4.78, 5) is 62.1. The van der Waals surface area contributed by atoms with Crippen LogP contribution < -0.4 is 31.7 Å². The van der Waals surface area contributed by atoms with Crippen molar-refractivity contribution in [1.29, 1.82) is 0 Å². The Kier molecular flexibility index (Phi) is 11.7. The van der Waals surface area contributed by atoms with Gasteiger partial charge in [0, 0.05) is 114 Å². The normalized spacial score (nSPS) is 11.7. The Labute approximate surface area is 414 Å². The molecule has 2 N–H and O–H groups in total. The number of aromatic amines is 2. The largest absolute Gasteiger partial charge is 0.455 e. The molecule has 0 atom stereocenters. The molecule has 0 unspecified atom stereocenters. The molecule has 10 rings (SSSR count). The lowest BCUT2D eigenvalue weighted by molar-refractivity contribution is 0.470. The third-order valence-electron chi connectivity index (χ3n) is 13.8. The van der Waals surface area contributed by atoms with Gasteiger partial charge in [-0.3, -0.25) is 28.5 Å². The number of para-hydroxylation sites is 2. The van der Waals surface area contributed by atoms with E-state index in [4.69, 9.17) is 14.6 Å². The Morgan fingerprint density at radius 2 is 1.00 bits per heavy atom. The topological polar surface area (TPSA) is 174 Å². The summed E-state index contributed by atoms with van der Waals surface area (Å²) in [6, 6.07) is 18.9. The van der Waals surface area contributed by atoms with Crippen LogP contribution in [0.1, 0.15) is 53.5 Å². The molecule has 2 aromatic carbocycles. The summed E-state index contributed by atoms with van der Waals surface area (Å²) in [6.07, 6.45) is 10.4. The highest BCUT2D eigenvalue weighted by atomic mass is 16.5. The highest BCUT2D eigenvalue weighted by molar-refractivity contribution is 6.00. The first-order valence-corrected chi connectivity index (χ1v) is 23.8. The molecule has 0 fully saturated rings. The Hall–Kier alpha value is -8.66. The molecule has 8 heterocycles. The molecular formula is C56H56N10O6. The van der Waals surface area contributed by atoms with Gasteiger partial charge in [-0.2, -0.15) is 10.2 Å². The van der Waals surface area contributed by atoms with Crippen molar-refractivity contribution in [3.05, 3.63) is 173 Å². The molecule has 0 radical (unpaired) electrons. The van der Waals surface area contributed by atoms with Gasteiger partial charge >= 0.3 is 0 Å². The fourth-order valence-corrected chi connectivity index (χ4v) is 9.76. The molecule has 0 aliphatic heterocycles. The van der Waals surface area contributed by atoms with E-state index < -0.39 is 0 Å². The second kappa shape index (κ2) is 17.9. The second-order valence-electron chi connectivity index (χ2n) is 19.1. The molecule has 72 heavy (non-hydrogen) atoms. The maximum atomic E-state index is 14.7. The highest BCUT2D eigenvalue weighted by Gasteiger charge is 2.24. The van der Waals surface area contributed by atoms with E-state index in [1.165, 1.54) is 19.8 Å². The van der Waals surface area contributed by atoms with Crippen molar-refractivity contribution in [2.45, 2.75) is 74.5 Å². The molecule has 0 aliphatic carbocycles. The highest BCUT2D eigenvalue weighted by Crippen LogP contribution is 2.41. The van der Waals surface area contributed by atoms with Crippen LogP contribution in [0.4, 0.5) is 0 Å². The quantitative estimate of drug-likeness (QED) is 0.122. The number of nitrogens with one attached hydrogen (secondary N) is 2. The zero-order valence-electron chi connectivity index (χ0n) is 42.3. The summed E-state index contributed by atoms with van der Waals surface area (Å²) in [7, 11) is 5.04. The van der Waals surface area contributed by atoms with Crippen LogP contribution in [-0.4, -0.2) is 47.8 Å². The smallest absolute Gasteiger partial charge is 0.274 e.